The van der Waals surface area contributed by atoms with Crippen LogP contribution in [0.4, 0.5) is 8.78 Å². The number of halogens is 2. The van der Waals surface area contributed by atoms with Gasteiger partial charge in [0, 0.05) is 32.5 Å². The van der Waals surface area contributed by atoms with Crippen LogP contribution in [0.15, 0.2) is 0 Å². The Morgan fingerprint density at radius 2 is 1.87 bits per heavy atom. The van der Waals surface area contributed by atoms with Gasteiger partial charge in [0.1, 0.15) is 6.04 Å². The molecule has 0 aromatic heterocycles. The van der Waals surface area contributed by atoms with E-state index < -0.39 is 18.1 Å². The van der Waals surface area contributed by atoms with Crippen LogP contribution in [0.25, 0.3) is 0 Å². The molecule has 0 spiro atoms. The summed E-state index contributed by atoms with van der Waals surface area (Å²) in [5.41, 5.74) is 5.99. The molecule has 1 saturated heterocycles. The number of carbonyl (C=O) groups excluding carboxylic acids is 1. The molecule has 1 aliphatic carbocycles. The highest BCUT2D eigenvalue weighted by molar-refractivity contribution is 5.82. The largest absolute Gasteiger partial charge is 0.393 e. The van der Waals surface area contributed by atoms with Gasteiger partial charge in [0.2, 0.25) is 11.8 Å². The van der Waals surface area contributed by atoms with Crippen LogP contribution in [0.2, 0.25) is 0 Å². The lowest BCUT2D eigenvalue weighted by Gasteiger charge is -2.33. The van der Waals surface area contributed by atoms with Gasteiger partial charge in [0.05, 0.1) is 12.2 Å². The Morgan fingerprint density at radius 3 is 2.43 bits per heavy atom. The van der Waals surface area contributed by atoms with Crippen molar-refractivity contribution in [2.24, 2.45) is 11.7 Å². The van der Waals surface area contributed by atoms with Crippen LogP contribution < -0.4 is 5.73 Å². The third-order valence-corrected chi connectivity index (χ3v) is 5.00. The fourth-order valence-corrected chi connectivity index (χ4v) is 3.16. The van der Waals surface area contributed by atoms with E-state index in [1.807, 2.05) is 0 Å². The first-order chi connectivity index (χ1) is 10.8. The summed E-state index contributed by atoms with van der Waals surface area (Å²) in [5, 5.41) is 9.47. The maximum atomic E-state index is 13.1. The molecule has 3 N–H and O–H groups in total. The van der Waals surface area contributed by atoms with Crippen LogP contribution in [0, 0.1) is 5.92 Å². The van der Waals surface area contributed by atoms with Crippen molar-refractivity contribution >= 4 is 5.91 Å². The van der Waals surface area contributed by atoms with Crippen molar-refractivity contribution in [1.82, 2.24) is 4.90 Å². The number of alkyl halides is 2. The van der Waals surface area contributed by atoms with E-state index in [1.54, 1.807) is 11.8 Å². The summed E-state index contributed by atoms with van der Waals surface area (Å²) >= 11 is 0. The minimum Gasteiger partial charge on any atom is -0.393 e. The number of amides is 1. The second-order valence-corrected chi connectivity index (χ2v) is 6.92. The normalized spacial score (nSPS) is 26.0. The Bertz CT molecular complexity index is 391. The zero-order valence-electron chi connectivity index (χ0n) is 13.7. The third-order valence-electron chi connectivity index (χ3n) is 5.00. The number of hydrogen-bond acceptors (Lipinski definition) is 4. The summed E-state index contributed by atoms with van der Waals surface area (Å²) in [5.74, 6) is -2.59. The lowest BCUT2D eigenvalue weighted by molar-refractivity contribution is -0.138. The summed E-state index contributed by atoms with van der Waals surface area (Å²) < 4.78 is 31.9. The lowest BCUT2D eigenvalue weighted by atomic mass is 9.87. The molecule has 1 amide bonds. The summed E-state index contributed by atoms with van der Waals surface area (Å²) in [7, 11) is 0. The lowest BCUT2D eigenvalue weighted by Crippen LogP contribution is -2.52. The minimum absolute atomic E-state index is 0.0868. The van der Waals surface area contributed by atoms with Crippen LogP contribution in [-0.4, -0.2) is 59.8 Å². The average Bonchev–Trinajstić information content (AvgIpc) is 2.53. The van der Waals surface area contributed by atoms with Crippen molar-refractivity contribution in [1.29, 1.82) is 0 Å². The number of carbonyl (C=O) groups is 1. The SMILES string of the molecule is C[C@@H](OCC1CCC(F)(F)CC1)[C@H](N)C(=O)N1CCC(O)CC1. The Labute approximate surface area is 136 Å². The topological polar surface area (TPSA) is 75.8 Å². The molecule has 134 valence electrons. The fraction of sp³-hybridized carbons (Fsp3) is 0.938. The monoisotopic (exact) mass is 334 g/mol. The van der Waals surface area contributed by atoms with Gasteiger partial charge in [-0.15, -0.1) is 0 Å². The van der Waals surface area contributed by atoms with Crippen LogP contribution in [0.3, 0.4) is 0 Å². The molecule has 1 heterocycles. The van der Waals surface area contributed by atoms with Gasteiger partial charge < -0.3 is 20.5 Å². The number of piperidine rings is 1. The van der Waals surface area contributed by atoms with Crippen molar-refractivity contribution in [2.45, 2.75) is 69.6 Å². The highest BCUT2D eigenvalue weighted by atomic mass is 19.3. The van der Waals surface area contributed by atoms with Gasteiger partial charge in [-0.1, -0.05) is 0 Å². The molecule has 2 aliphatic rings. The maximum Gasteiger partial charge on any atom is 0.248 e. The number of ether oxygens (including phenoxy) is 1. The standard InChI is InChI=1S/C16H28F2N2O3/c1-11(23-10-12-2-6-16(17,18)7-3-12)14(19)15(22)20-8-4-13(21)5-9-20/h11-14,21H,2-10,19H2,1H3/t11-,14+/m1/s1. The number of aliphatic hydroxyl groups is 1. The molecular weight excluding hydrogens is 306 g/mol. The van der Waals surface area contributed by atoms with Crippen molar-refractivity contribution in [3.63, 3.8) is 0 Å². The molecule has 0 radical (unpaired) electrons. The van der Waals surface area contributed by atoms with Crippen molar-refractivity contribution in [2.75, 3.05) is 19.7 Å². The van der Waals surface area contributed by atoms with Crippen molar-refractivity contribution in [3.05, 3.63) is 0 Å². The van der Waals surface area contributed by atoms with E-state index >= 15 is 0 Å². The zero-order valence-corrected chi connectivity index (χ0v) is 13.7. The molecule has 1 saturated carbocycles. The molecule has 0 bridgehead atoms. The van der Waals surface area contributed by atoms with E-state index in [-0.39, 0.29) is 30.8 Å². The van der Waals surface area contributed by atoms with Crippen LogP contribution >= 0.6 is 0 Å². The van der Waals surface area contributed by atoms with E-state index in [1.165, 1.54) is 0 Å². The van der Waals surface area contributed by atoms with Gasteiger partial charge in [-0.25, -0.2) is 8.78 Å². The number of aliphatic hydroxyl groups excluding tert-OH is 1. The number of hydrogen-bond donors (Lipinski definition) is 2. The highest BCUT2D eigenvalue weighted by Crippen LogP contribution is 2.36. The first-order valence-electron chi connectivity index (χ1n) is 8.50. The molecule has 23 heavy (non-hydrogen) atoms. The average molecular weight is 334 g/mol. The van der Waals surface area contributed by atoms with E-state index in [9.17, 15) is 18.7 Å². The van der Waals surface area contributed by atoms with Crippen LogP contribution in [0.1, 0.15) is 45.4 Å². The number of rotatable bonds is 5. The molecule has 0 aromatic rings. The second kappa shape index (κ2) is 7.85. The van der Waals surface area contributed by atoms with Crippen molar-refractivity contribution in [3.8, 4) is 0 Å². The fourth-order valence-electron chi connectivity index (χ4n) is 3.16. The van der Waals surface area contributed by atoms with E-state index in [4.69, 9.17) is 10.5 Å². The van der Waals surface area contributed by atoms with Gasteiger partial charge in [0.15, 0.2) is 0 Å². The Hall–Kier alpha value is -0.790. The molecule has 7 heteroatoms. The quantitative estimate of drug-likeness (QED) is 0.799. The van der Waals surface area contributed by atoms with Gasteiger partial charge in [-0.2, -0.15) is 0 Å². The summed E-state index contributed by atoms with van der Waals surface area (Å²) in [6.07, 6.45) is 1.09. The smallest absolute Gasteiger partial charge is 0.248 e. The molecule has 1 aliphatic heterocycles. The van der Waals surface area contributed by atoms with Crippen molar-refractivity contribution < 1.29 is 23.4 Å². The predicted molar refractivity (Wildman–Crippen MR) is 82.1 cm³/mol. The maximum absolute atomic E-state index is 13.1. The Balaban J connectivity index is 1.72. The highest BCUT2D eigenvalue weighted by Gasteiger charge is 2.35. The molecule has 2 fully saturated rings. The number of nitrogens with zero attached hydrogens (tertiary/aromatic N) is 1. The first kappa shape index (κ1) is 18.5. The molecule has 5 nitrogen and oxygen atoms in total. The molecule has 2 rings (SSSR count). The number of likely N-dealkylation sites (tertiary alicyclic amines) is 1. The molecule has 2 atom stereocenters. The minimum atomic E-state index is -2.53. The summed E-state index contributed by atoms with van der Waals surface area (Å²) in [6, 6.07) is -0.754. The third kappa shape index (κ3) is 5.36. The van der Waals surface area contributed by atoms with Gasteiger partial charge in [-0.3, -0.25) is 4.79 Å². The predicted octanol–water partition coefficient (Wildman–Crippen LogP) is 1.53. The molecule has 0 unspecified atom stereocenters. The summed E-state index contributed by atoms with van der Waals surface area (Å²) in [4.78, 5) is 14.0. The number of nitrogens with two attached hydrogens (primary N) is 1. The van der Waals surface area contributed by atoms with Crippen LogP contribution in [0.5, 0.6) is 0 Å². The molecular formula is C16H28F2N2O3. The second-order valence-electron chi connectivity index (χ2n) is 6.92. The Kier molecular flexibility index (Phi) is 6.33. The van der Waals surface area contributed by atoms with Gasteiger partial charge in [0.25, 0.3) is 0 Å². The first-order valence-corrected chi connectivity index (χ1v) is 8.50. The molecule has 0 aromatic carbocycles. The summed E-state index contributed by atoms with van der Waals surface area (Å²) in [6.45, 7) is 3.14. The van der Waals surface area contributed by atoms with Gasteiger partial charge in [-0.05, 0) is 38.5 Å². The van der Waals surface area contributed by atoms with Crippen LogP contribution in [-0.2, 0) is 9.53 Å². The Morgan fingerprint density at radius 1 is 1.30 bits per heavy atom. The van der Waals surface area contributed by atoms with Gasteiger partial charge >= 0.3 is 0 Å². The van der Waals surface area contributed by atoms with E-state index in [2.05, 4.69) is 0 Å². The van der Waals surface area contributed by atoms with E-state index in [0.717, 1.165) is 0 Å². The zero-order chi connectivity index (χ0) is 17.0. The van der Waals surface area contributed by atoms with E-state index in [0.29, 0.717) is 45.4 Å².